The fourth-order valence-electron chi connectivity index (χ4n) is 1.58. The molecule has 0 aliphatic heterocycles. The smallest absolute Gasteiger partial charge is 0.273 e. The molecule has 88 valence electrons. The summed E-state index contributed by atoms with van der Waals surface area (Å²) in [5.74, 6) is -0.164. The van der Waals surface area contributed by atoms with Gasteiger partial charge >= 0.3 is 0 Å². The molecule has 0 atom stereocenters. The second kappa shape index (κ2) is 4.71. The summed E-state index contributed by atoms with van der Waals surface area (Å²) >= 11 is 3.40. The van der Waals surface area contributed by atoms with Gasteiger partial charge in [-0.15, -0.1) is 0 Å². The Morgan fingerprint density at radius 1 is 1.41 bits per heavy atom. The molecule has 0 aliphatic rings. The maximum Gasteiger partial charge on any atom is 0.273 e. The van der Waals surface area contributed by atoms with Gasteiger partial charge < -0.3 is 9.88 Å². The van der Waals surface area contributed by atoms with Gasteiger partial charge in [0, 0.05) is 17.2 Å². The Bertz CT molecular complexity index is 542. The minimum absolute atomic E-state index is 0.164. The number of aromatic nitrogens is 2. The first-order valence-corrected chi connectivity index (χ1v) is 5.90. The average molecular weight is 294 g/mol. The second-order valence-corrected chi connectivity index (χ2v) is 4.78. The van der Waals surface area contributed by atoms with Crippen molar-refractivity contribution >= 4 is 27.5 Å². The van der Waals surface area contributed by atoms with Gasteiger partial charge in [-0.05, 0) is 30.7 Å². The molecular weight excluding hydrogens is 282 g/mol. The summed E-state index contributed by atoms with van der Waals surface area (Å²) in [6.07, 6.45) is 3.14. The summed E-state index contributed by atoms with van der Waals surface area (Å²) in [6.45, 7) is 1.98. The first-order valence-electron chi connectivity index (χ1n) is 5.11. The number of rotatable bonds is 2. The molecular formula is C12H12BrN3O. The van der Waals surface area contributed by atoms with Gasteiger partial charge in [0.05, 0.1) is 12.5 Å². The summed E-state index contributed by atoms with van der Waals surface area (Å²) in [6, 6.07) is 5.76. The maximum absolute atomic E-state index is 11.9. The SMILES string of the molecule is Cc1cc(Br)cc(NC(=O)c2cncn2C)c1. The molecule has 1 aromatic heterocycles. The van der Waals surface area contributed by atoms with Crippen molar-refractivity contribution in [2.45, 2.75) is 6.92 Å². The van der Waals surface area contributed by atoms with E-state index < -0.39 is 0 Å². The third kappa shape index (κ3) is 2.74. The number of nitrogens with one attached hydrogen (secondary N) is 1. The molecule has 0 aliphatic carbocycles. The van der Waals surface area contributed by atoms with Crippen molar-refractivity contribution in [3.63, 3.8) is 0 Å². The molecule has 1 aromatic carbocycles. The summed E-state index contributed by atoms with van der Waals surface area (Å²) in [5.41, 5.74) is 2.38. The zero-order chi connectivity index (χ0) is 12.4. The van der Waals surface area contributed by atoms with Gasteiger partial charge in [-0.1, -0.05) is 15.9 Å². The van der Waals surface area contributed by atoms with Gasteiger partial charge in [0.15, 0.2) is 0 Å². The largest absolute Gasteiger partial charge is 0.330 e. The van der Waals surface area contributed by atoms with Crippen LogP contribution in [-0.4, -0.2) is 15.5 Å². The van der Waals surface area contributed by atoms with Crippen molar-refractivity contribution in [1.82, 2.24) is 9.55 Å². The predicted octanol–water partition coefficient (Wildman–Crippen LogP) is 2.74. The molecule has 17 heavy (non-hydrogen) atoms. The van der Waals surface area contributed by atoms with Crippen molar-refractivity contribution < 1.29 is 4.79 Å². The minimum Gasteiger partial charge on any atom is -0.330 e. The first kappa shape index (κ1) is 11.9. The van der Waals surface area contributed by atoms with Gasteiger partial charge in [-0.2, -0.15) is 0 Å². The number of imidazole rings is 1. The van der Waals surface area contributed by atoms with Crippen LogP contribution in [0.2, 0.25) is 0 Å². The van der Waals surface area contributed by atoms with Crippen LogP contribution < -0.4 is 5.32 Å². The molecule has 0 saturated carbocycles. The van der Waals surface area contributed by atoms with Crippen LogP contribution in [0.5, 0.6) is 0 Å². The molecule has 0 radical (unpaired) electrons. The highest BCUT2D eigenvalue weighted by Crippen LogP contribution is 2.19. The van der Waals surface area contributed by atoms with Crippen molar-refractivity contribution in [3.05, 3.63) is 46.5 Å². The number of hydrogen-bond donors (Lipinski definition) is 1. The zero-order valence-corrected chi connectivity index (χ0v) is 11.2. The van der Waals surface area contributed by atoms with Crippen LogP contribution in [0.15, 0.2) is 35.2 Å². The van der Waals surface area contributed by atoms with Gasteiger partial charge in [0.1, 0.15) is 5.69 Å². The lowest BCUT2D eigenvalue weighted by Gasteiger charge is -2.07. The molecule has 2 aromatic rings. The van der Waals surface area contributed by atoms with E-state index >= 15 is 0 Å². The number of halogens is 1. The predicted molar refractivity (Wildman–Crippen MR) is 70.0 cm³/mol. The molecule has 4 nitrogen and oxygen atoms in total. The van der Waals surface area contributed by atoms with Gasteiger partial charge in [0.25, 0.3) is 5.91 Å². The highest BCUT2D eigenvalue weighted by atomic mass is 79.9. The number of aryl methyl sites for hydroxylation is 2. The quantitative estimate of drug-likeness (QED) is 0.925. The van der Waals surface area contributed by atoms with E-state index in [1.54, 1.807) is 24.1 Å². The van der Waals surface area contributed by atoms with E-state index in [4.69, 9.17) is 0 Å². The summed E-state index contributed by atoms with van der Waals surface area (Å²) in [4.78, 5) is 15.8. The van der Waals surface area contributed by atoms with E-state index in [0.717, 1.165) is 15.7 Å². The maximum atomic E-state index is 11.9. The van der Waals surface area contributed by atoms with Crippen LogP contribution in [0.1, 0.15) is 16.1 Å². The van der Waals surface area contributed by atoms with Crippen molar-refractivity contribution in [3.8, 4) is 0 Å². The van der Waals surface area contributed by atoms with E-state index in [2.05, 4.69) is 26.2 Å². The van der Waals surface area contributed by atoms with Crippen LogP contribution in [0.25, 0.3) is 0 Å². The molecule has 0 unspecified atom stereocenters. The highest BCUT2D eigenvalue weighted by Gasteiger charge is 2.10. The lowest BCUT2D eigenvalue weighted by molar-refractivity contribution is 0.101. The van der Waals surface area contributed by atoms with Crippen molar-refractivity contribution in [2.75, 3.05) is 5.32 Å². The zero-order valence-electron chi connectivity index (χ0n) is 9.57. The van der Waals surface area contributed by atoms with E-state index in [9.17, 15) is 4.79 Å². The number of carbonyl (C=O) groups is 1. The Hall–Kier alpha value is -1.62. The summed E-state index contributed by atoms with van der Waals surface area (Å²) in [5, 5.41) is 2.84. The summed E-state index contributed by atoms with van der Waals surface area (Å²) < 4.78 is 2.62. The molecule has 0 spiro atoms. The Morgan fingerprint density at radius 3 is 2.76 bits per heavy atom. The lowest BCUT2D eigenvalue weighted by atomic mass is 10.2. The van der Waals surface area contributed by atoms with E-state index in [1.165, 1.54) is 0 Å². The normalized spacial score (nSPS) is 10.3. The Balaban J connectivity index is 2.21. The Labute approximate surface area is 108 Å². The number of benzene rings is 1. The third-order valence-electron chi connectivity index (χ3n) is 2.35. The van der Waals surface area contributed by atoms with Crippen LogP contribution in [-0.2, 0) is 7.05 Å². The van der Waals surface area contributed by atoms with Crippen molar-refractivity contribution in [2.24, 2.45) is 7.05 Å². The number of amides is 1. The monoisotopic (exact) mass is 293 g/mol. The summed E-state index contributed by atoms with van der Waals surface area (Å²) in [7, 11) is 1.79. The molecule has 1 amide bonds. The molecule has 0 bridgehead atoms. The molecule has 0 saturated heterocycles. The number of nitrogens with zero attached hydrogens (tertiary/aromatic N) is 2. The van der Waals surface area contributed by atoms with Crippen LogP contribution in [0.3, 0.4) is 0 Å². The Kier molecular flexibility index (Phi) is 3.28. The lowest BCUT2D eigenvalue weighted by Crippen LogP contribution is -2.15. The van der Waals surface area contributed by atoms with Crippen LogP contribution in [0, 0.1) is 6.92 Å². The van der Waals surface area contributed by atoms with Crippen molar-refractivity contribution in [1.29, 1.82) is 0 Å². The first-order chi connectivity index (χ1) is 8.06. The fourth-order valence-corrected chi connectivity index (χ4v) is 2.19. The minimum atomic E-state index is -0.164. The molecule has 1 heterocycles. The topological polar surface area (TPSA) is 46.9 Å². The third-order valence-corrected chi connectivity index (χ3v) is 2.81. The number of anilines is 1. The molecule has 5 heteroatoms. The van der Waals surface area contributed by atoms with Crippen LogP contribution >= 0.6 is 15.9 Å². The van der Waals surface area contributed by atoms with Crippen LogP contribution in [0.4, 0.5) is 5.69 Å². The second-order valence-electron chi connectivity index (χ2n) is 3.86. The van der Waals surface area contributed by atoms with Gasteiger partial charge in [-0.25, -0.2) is 4.98 Å². The van der Waals surface area contributed by atoms with E-state index in [1.807, 2.05) is 25.1 Å². The number of carbonyl (C=O) groups excluding carboxylic acids is 1. The van der Waals surface area contributed by atoms with Gasteiger partial charge in [0.2, 0.25) is 0 Å². The number of hydrogen-bond acceptors (Lipinski definition) is 2. The molecule has 2 rings (SSSR count). The highest BCUT2D eigenvalue weighted by molar-refractivity contribution is 9.10. The average Bonchev–Trinajstić information content (AvgIpc) is 2.62. The van der Waals surface area contributed by atoms with Gasteiger partial charge in [-0.3, -0.25) is 4.79 Å². The molecule has 1 N–H and O–H groups in total. The Morgan fingerprint density at radius 2 is 2.18 bits per heavy atom. The molecule has 0 fully saturated rings. The standard InChI is InChI=1S/C12H12BrN3O/c1-8-3-9(13)5-10(4-8)15-12(17)11-6-14-7-16(11)2/h3-7H,1-2H3,(H,15,17). The van der Waals surface area contributed by atoms with E-state index in [-0.39, 0.29) is 5.91 Å². The van der Waals surface area contributed by atoms with E-state index in [0.29, 0.717) is 5.69 Å². The fraction of sp³-hybridized carbons (Fsp3) is 0.167.